The van der Waals surface area contributed by atoms with Crippen molar-refractivity contribution in [3.8, 4) is 0 Å². The van der Waals surface area contributed by atoms with Crippen LogP contribution in [0.4, 0.5) is 4.79 Å². The standard InChI is InChI=1S/C19H25N3O3/c1-3-25-18(23)16-15(12-22-10-4-5-11-22)20-19(24)21-17(16)14-8-6-13(2)7-9-14/h6-9,17H,3-5,10-12H2,1-2H3,(H2,20,21,24)/t17-/m0/s1. The van der Waals surface area contributed by atoms with Crippen molar-refractivity contribution in [1.82, 2.24) is 15.5 Å². The van der Waals surface area contributed by atoms with Crippen molar-refractivity contribution in [3.63, 3.8) is 0 Å². The van der Waals surface area contributed by atoms with Gasteiger partial charge in [0.25, 0.3) is 0 Å². The molecule has 2 amide bonds. The number of carbonyl (C=O) groups excluding carboxylic acids is 2. The van der Waals surface area contributed by atoms with Gasteiger partial charge in [-0.25, -0.2) is 9.59 Å². The van der Waals surface area contributed by atoms with Gasteiger partial charge in [-0.1, -0.05) is 29.8 Å². The quantitative estimate of drug-likeness (QED) is 0.805. The second-order valence-electron chi connectivity index (χ2n) is 6.54. The highest BCUT2D eigenvalue weighted by atomic mass is 16.5. The number of benzene rings is 1. The lowest BCUT2D eigenvalue weighted by Crippen LogP contribution is -2.48. The van der Waals surface area contributed by atoms with E-state index in [0.29, 0.717) is 24.4 Å². The van der Waals surface area contributed by atoms with E-state index in [4.69, 9.17) is 4.74 Å². The van der Waals surface area contributed by atoms with Crippen molar-refractivity contribution in [3.05, 3.63) is 46.7 Å². The third-order valence-corrected chi connectivity index (χ3v) is 4.64. The van der Waals surface area contributed by atoms with Gasteiger partial charge >= 0.3 is 12.0 Å². The lowest BCUT2D eigenvalue weighted by atomic mass is 9.94. The monoisotopic (exact) mass is 343 g/mol. The number of aryl methyl sites for hydroxylation is 1. The van der Waals surface area contributed by atoms with E-state index >= 15 is 0 Å². The predicted octanol–water partition coefficient (Wildman–Crippen LogP) is 2.26. The van der Waals surface area contributed by atoms with Crippen molar-refractivity contribution in [2.75, 3.05) is 26.2 Å². The summed E-state index contributed by atoms with van der Waals surface area (Å²) in [5.74, 6) is -0.380. The molecule has 2 aliphatic rings. The molecule has 0 bridgehead atoms. The van der Waals surface area contributed by atoms with E-state index in [-0.39, 0.29) is 12.0 Å². The average molecular weight is 343 g/mol. The maximum atomic E-state index is 12.6. The summed E-state index contributed by atoms with van der Waals surface area (Å²) in [5.41, 5.74) is 3.15. The van der Waals surface area contributed by atoms with Gasteiger partial charge in [-0.15, -0.1) is 0 Å². The summed E-state index contributed by atoms with van der Waals surface area (Å²) in [6.07, 6.45) is 2.30. The zero-order valence-electron chi connectivity index (χ0n) is 14.8. The maximum absolute atomic E-state index is 12.6. The first kappa shape index (κ1) is 17.5. The van der Waals surface area contributed by atoms with Gasteiger partial charge in [0.15, 0.2) is 0 Å². The fourth-order valence-corrected chi connectivity index (χ4v) is 3.37. The summed E-state index contributed by atoms with van der Waals surface area (Å²) in [5, 5.41) is 5.70. The van der Waals surface area contributed by atoms with Crippen LogP contribution in [0.2, 0.25) is 0 Å². The molecule has 1 aromatic rings. The molecule has 2 N–H and O–H groups in total. The Morgan fingerprint density at radius 2 is 1.92 bits per heavy atom. The van der Waals surface area contributed by atoms with Gasteiger partial charge in [0, 0.05) is 12.2 Å². The van der Waals surface area contributed by atoms with E-state index in [9.17, 15) is 9.59 Å². The fourth-order valence-electron chi connectivity index (χ4n) is 3.37. The molecule has 2 heterocycles. The largest absolute Gasteiger partial charge is 0.463 e. The number of urea groups is 1. The van der Waals surface area contributed by atoms with Crippen LogP contribution >= 0.6 is 0 Å². The highest BCUT2D eigenvalue weighted by Gasteiger charge is 2.34. The Bertz CT molecular complexity index is 676. The summed E-state index contributed by atoms with van der Waals surface area (Å²) in [4.78, 5) is 27.1. The summed E-state index contributed by atoms with van der Waals surface area (Å²) in [6.45, 7) is 6.62. The van der Waals surface area contributed by atoms with Crippen LogP contribution in [0, 0.1) is 6.92 Å². The minimum absolute atomic E-state index is 0.284. The molecule has 1 saturated heterocycles. The van der Waals surface area contributed by atoms with E-state index in [1.165, 1.54) is 0 Å². The van der Waals surface area contributed by atoms with Crippen molar-refractivity contribution < 1.29 is 14.3 Å². The lowest BCUT2D eigenvalue weighted by molar-refractivity contribution is -0.139. The van der Waals surface area contributed by atoms with Crippen LogP contribution in [-0.2, 0) is 9.53 Å². The number of nitrogens with zero attached hydrogens (tertiary/aromatic N) is 1. The molecule has 0 unspecified atom stereocenters. The molecule has 2 aliphatic heterocycles. The molecule has 6 heteroatoms. The van der Waals surface area contributed by atoms with Crippen LogP contribution < -0.4 is 10.6 Å². The minimum atomic E-state index is -0.494. The van der Waals surface area contributed by atoms with Crippen molar-refractivity contribution in [2.45, 2.75) is 32.7 Å². The average Bonchev–Trinajstić information content (AvgIpc) is 3.08. The van der Waals surface area contributed by atoms with Crippen LogP contribution in [0.15, 0.2) is 35.5 Å². The SMILES string of the molecule is CCOC(=O)C1=C(CN2CCCC2)NC(=O)N[C@H]1c1ccc(C)cc1. The Kier molecular flexibility index (Phi) is 5.38. The molecule has 1 fully saturated rings. The minimum Gasteiger partial charge on any atom is -0.463 e. The first-order chi connectivity index (χ1) is 12.1. The second-order valence-corrected chi connectivity index (χ2v) is 6.54. The highest BCUT2D eigenvalue weighted by Crippen LogP contribution is 2.28. The molecular weight excluding hydrogens is 318 g/mol. The van der Waals surface area contributed by atoms with Crippen LogP contribution in [0.25, 0.3) is 0 Å². The zero-order valence-corrected chi connectivity index (χ0v) is 14.8. The topological polar surface area (TPSA) is 70.7 Å². The van der Waals surface area contributed by atoms with Crippen LogP contribution in [0.3, 0.4) is 0 Å². The number of esters is 1. The van der Waals surface area contributed by atoms with Crippen molar-refractivity contribution >= 4 is 12.0 Å². The molecule has 25 heavy (non-hydrogen) atoms. The summed E-state index contributed by atoms with van der Waals surface area (Å²) >= 11 is 0. The molecule has 0 spiro atoms. The van der Waals surface area contributed by atoms with Gasteiger partial charge in [0.05, 0.1) is 18.2 Å². The van der Waals surface area contributed by atoms with Gasteiger partial charge in [-0.2, -0.15) is 0 Å². The molecule has 134 valence electrons. The molecule has 1 atom stereocenters. The Balaban J connectivity index is 1.98. The van der Waals surface area contributed by atoms with Crippen LogP contribution in [0.5, 0.6) is 0 Å². The van der Waals surface area contributed by atoms with Crippen LogP contribution in [0.1, 0.15) is 36.9 Å². The lowest BCUT2D eigenvalue weighted by Gasteiger charge is -2.31. The number of hydrogen-bond donors (Lipinski definition) is 2. The first-order valence-electron chi connectivity index (χ1n) is 8.85. The van der Waals surface area contributed by atoms with Crippen LogP contribution in [-0.4, -0.2) is 43.1 Å². The molecule has 0 aliphatic carbocycles. The van der Waals surface area contributed by atoms with Gasteiger partial charge in [-0.05, 0) is 45.3 Å². The number of carbonyl (C=O) groups is 2. The number of hydrogen-bond acceptors (Lipinski definition) is 4. The molecule has 1 aromatic carbocycles. The van der Waals surface area contributed by atoms with Crippen molar-refractivity contribution in [2.24, 2.45) is 0 Å². The second kappa shape index (κ2) is 7.70. The number of ether oxygens (including phenoxy) is 1. The number of likely N-dealkylation sites (tertiary alicyclic amines) is 1. The fraction of sp³-hybridized carbons (Fsp3) is 0.474. The molecule has 3 rings (SSSR count). The van der Waals surface area contributed by atoms with E-state index in [2.05, 4.69) is 15.5 Å². The Labute approximate surface area is 148 Å². The number of rotatable bonds is 5. The van der Waals surface area contributed by atoms with E-state index < -0.39 is 6.04 Å². The van der Waals surface area contributed by atoms with Gasteiger partial charge < -0.3 is 15.4 Å². The third-order valence-electron chi connectivity index (χ3n) is 4.64. The number of nitrogens with one attached hydrogen (secondary N) is 2. The summed E-state index contributed by atoms with van der Waals surface area (Å²) in [6, 6.07) is 7.06. The summed E-state index contributed by atoms with van der Waals surface area (Å²) < 4.78 is 5.28. The summed E-state index contributed by atoms with van der Waals surface area (Å²) in [7, 11) is 0. The van der Waals surface area contributed by atoms with Gasteiger partial charge in [0.1, 0.15) is 0 Å². The van der Waals surface area contributed by atoms with E-state index in [1.807, 2.05) is 31.2 Å². The predicted molar refractivity (Wildman–Crippen MR) is 94.9 cm³/mol. The smallest absolute Gasteiger partial charge is 0.338 e. The number of amides is 2. The molecular formula is C19H25N3O3. The van der Waals surface area contributed by atoms with Gasteiger partial charge in [-0.3, -0.25) is 4.90 Å². The normalized spacial score (nSPS) is 21.0. The van der Waals surface area contributed by atoms with Gasteiger partial charge in [0.2, 0.25) is 0 Å². The van der Waals surface area contributed by atoms with E-state index in [0.717, 1.165) is 37.1 Å². The molecule has 0 radical (unpaired) electrons. The van der Waals surface area contributed by atoms with E-state index in [1.54, 1.807) is 6.92 Å². The molecule has 0 saturated carbocycles. The highest BCUT2D eigenvalue weighted by molar-refractivity contribution is 5.95. The maximum Gasteiger partial charge on any atom is 0.338 e. The molecule has 6 nitrogen and oxygen atoms in total. The Morgan fingerprint density at radius 3 is 2.56 bits per heavy atom. The molecule has 0 aromatic heterocycles. The zero-order chi connectivity index (χ0) is 17.8. The van der Waals surface area contributed by atoms with Crippen molar-refractivity contribution in [1.29, 1.82) is 0 Å². The Hall–Kier alpha value is -2.34. The third kappa shape index (κ3) is 4.02. The Morgan fingerprint density at radius 1 is 1.24 bits per heavy atom. The first-order valence-corrected chi connectivity index (χ1v) is 8.85.